The van der Waals surface area contributed by atoms with Gasteiger partial charge in [-0.15, -0.1) is 0 Å². The summed E-state index contributed by atoms with van der Waals surface area (Å²) in [5.74, 6) is 0. The van der Waals surface area contributed by atoms with Crippen LogP contribution in [0.3, 0.4) is 0 Å². The van der Waals surface area contributed by atoms with Crippen molar-refractivity contribution in [3.05, 3.63) is 53.1 Å². The van der Waals surface area contributed by atoms with Crippen LogP contribution in [0.4, 0.5) is 17.1 Å². The third-order valence-corrected chi connectivity index (χ3v) is 3.12. The molecule has 0 bridgehead atoms. The van der Waals surface area contributed by atoms with E-state index in [1.807, 2.05) is 36.4 Å². The Labute approximate surface area is 108 Å². The second kappa shape index (κ2) is 5.00. The second-order valence-corrected chi connectivity index (χ2v) is 4.52. The Balaban J connectivity index is 2.27. The molecular formula is C15H19N3. The van der Waals surface area contributed by atoms with Crippen LogP contribution in [0.25, 0.3) is 0 Å². The third kappa shape index (κ3) is 2.56. The number of hydrogen-bond donors (Lipinski definition) is 3. The van der Waals surface area contributed by atoms with Crippen molar-refractivity contribution in [2.45, 2.75) is 19.8 Å². The maximum absolute atomic E-state index is 6.01. The van der Waals surface area contributed by atoms with Gasteiger partial charge in [-0.3, -0.25) is 0 Å². The topological polar surface area (TPSA) is 78.1 Å². The fourth-order valence-corrected chi connectivity index (χ4v) is 2.16. The molecule has 2 rings (SSSR count). The molecule has 0 unspecified atom stereocenters. The van der Waals surface area contributed by atoms with Gasteiger partial charge in [0.05, 0.1) is 0 Å². The molecule has 0 saturated carbocycles. The smallest absolute Gasteiger partial charge is 0.0370 e. The number of anilines is 3. The lowest BCUT2D eigenvalue weighted by atomic mass is 9.99. The highest BCUT2D eigenvalue weighted by Crippen LogP contribution is 2.24. The molecule has 3 heteroatoms. The molecule has 2 aromatic rings. The van der Waals surface area contributed by atoms with E-state index in [1.54, 1.807) is 0 Å². The van der Waals surface area contributed by atoms with Crippen molar-refractivity contribution < 1.29 is 0 Å². The zero-order valence-corrected chi connectivity index (χ0v) is 10.6. The molecule has 0 heterocycles. The minimum atomic E-state index is 0.777. The van der Waals surface area contributed by atoms with Crippen LogP contribution in [0.2, 0.25) is 0 Å². The SMILES string of the molecule is CCc1c(N)cc(Cc2ccc(N)cc2)cc1N. The lowest BCUT2D eigenvalue weighted by molar-refractivity contribution is 1.13. The lowest BCUT2D eigenvalue weighted by Crippen LogP contribution is -2.01. The summed E-state index contributed by atoms with van der Waals surface area (Å²) in [7, 11) is 0. The highest BCUT2D eigenvalue weighted by Gasteiger charge is 2.05. The van der Waals surface area contributed by atoms with E-state index in [0.29, 0.717) is 0 Å². The van der Waals surface area contributed by atoms with E-state index in [1.165, 1.54) is 5.56 Å². The van der Waals surface area contributed by atoms with Gasteiger partial charge in [0.1, 0.15) is 0 Å². The van der Waals surface area contributed by atoms with E-state index in [0.717, 1.165) is 41.0 Å². The lowest BCUT2D eigenvalue weighted by Gasteiger charge is -2.10. The summed E-state index contributed by atoms with van der Waals surface area (Å²) in [5.41, 5.74) is 23.4. The summed E-state index contributed by atoms with van der Waals surface area (Å²) >= 11 is 0. The van der Waals surface area contributed by atoms with E-state index in [9.17, 15) is 0 Å². The molecule has 0 radical (unpaired) electrons. The van der Waals surface area contributed by atoms with E-state index in [4.69, 9.17) is 17.2 Å². The number of nitrogen functional groups attached to an aromatic ring is 3. The molecule has 2 aromatic carbocycles. The van der Waals surface area contributed by atoms with Crippen LogP contribution in [0.1, 0.15) is 23.6 Å². The molecule has 0 spiro atoms. The zero-order chi connectivity index (χ0) is 13.1. The maximum atomic E-state index is 6.01. The summed E-state index contributed by atoms with van der Waals surface area (Å²) in [4.78, 5) is 0. The van der Waals surface area contributed by atoms with Crippen molar-refractivity contribution in [1.29, 1.82) is 0 Å². The predicted molar refractivity (Wildman–Crippen MR) is 78.3 cm³/mol. The molecule has 94 valence electrons. The molecule has 3 nitrogen and oxygen atoms in total. The van der Waals surface area contributed by atoms with Crippen LogP contribution in [0, 0.1) is 0 Å². The molecule has 6 N–H and O–H groups in total. The van der Waals surface area contributed by atoms with E-state index < -0.39 is 0 Å². The van der Waals surface area contributed by atoms with Gasteiger partial charge in [-0.25, -0.2) is 0 Å². The van der Waals surface area contributed by atoms with Gasteiger partial charge in [-0.05, 0) is 53.8 Å². The number of hydrogen-bond acceptors (Lipinski definition) is 3. The van der Waals surface area contributed by atoms with Crippen molar-refractivity contribution in [3.8, 4) is 0 Å². The van der Waals surface area contributed by atoms with Gasteiger partial charge in [-0.2, -0.15) is 0 Å². The molecule has 0 atom stereocenters. The van der Waals surface area contributed by atoms with Gasteiger partial charge in [0.15, 0.2) is 0 Å². The first-order chi connectivity index (χ1) is 8.60. The monoisotopic (exact) mass is 241 g/mol. The Morgan fingerprint density at radius 1 is 0.833 bits per heavy atom. The second-order valence-electron chi connectivity index (χ2n) is 4.52. The molecule has 0 saturated heterocycles. The van der Waals surface area contributed by atoms with Crippen LogP contribution in [-0.4, -0.2) is 0 Å². The zero-order valence-electron chi connectivity index (χ0n) is 10.6. The van der Waals surface area contributed by atoms with Crippen LogP contribution >= 0.6 is 0 Å². The average molecular weight is 241 g/mol. The Morgan fingerprint density at radius 2 is 1.39 bits per heavy atom. The van der Waals surface area contributed by atoms with E-state index in [-0.39, 0.29) is 0 Å². The van der Waals surface area contributed by atoms with E-state index in [2.05, 4.69) is 6.92 Å². The van der Waals surface area contributed by atoms with Gasteiger partial charge in [0.2, 0.25) is 0 Å². The van der Waals surface area contributed by atoms with Crippen LogP contribution < -0.4 is 17.2 Å². The van der Waals surface area contributed by atoms with E-state index >= 15 is 0 Å². The molecule has 18 heavy (non-hydrogen) atoms. The third-order valence-electron chi connectivity index (χ3n) is 3.12. The van der Waals surface area contributed by atoms with Crippen molar-refractivity contribution in [2.75, 3.05) is 17.2 Å². The fourth-order valence-electron chi connectivity index (χ4n) is 2.16. The summed E-state index contributed by atoms with van der Waals surface area (Å²) in [6.07, 6.45) is 1.68. The first-order valence-electron chi connectivity index (χ1n) is 6.11. The molecule has 0 amide bonds. The molecule has 0 aliphatic carbocycles. The Bertz CT molecular complexity index is 521. The summed E-state index contributed by atoms with van der Waals surface area (Å²) in [6.45, 7) is 2.06. The number of rotatable bonds is 3. The number of nitrogens with two attached hydrogens (primary N) is 3. The van der Waals surface area contributed by atoms with Gasteiger partial charge >= 0.3 is 0 Å². The Kier molecular flexibility index (Phi) is 3.42. The summed E-state index contributed by atoms with van der Waals surface area (Å²) in [5, 5.41) is 0. The number of benzene rings is 2. The van der Waals surface area contributed by atoms with Gasteiger partial charge < -0.3 is 17.2 Å². The first kappa shape index (κ1) is 12.3. The average Bonchev–Trinajstić information content (AvgIpc) is 2.32. The largest absolute Gasteiger partial charge is 0.399 e. The quantitative estimate of drug-likeness (QED) is 0.723. The molecule has 0 aliphatic rings. The summed E-state index contributed by atoms with van der Waals surface area (Å²) in [6, 6.07) is 11.9. The van der Waals surface area contributed by atoms with Crippen molar-refractivity contribution >= 4 is 17.1 Å². The highest BCUT2D eigenvalue weighted by atomic mass is 14.6. The minimum Gasteiger partial charge on any atom is -0.399 e. The minimum absolute atomic E-state index is 0.777. The van der Waals surface area contributed by atoms with Crippen LogP contribution in [0.5, 0.6) is 0 Å². The molecular weight excluding hydrogens is 222 g/mol. The normalized spacial score (nSPS) is 10.5. The maximum Gasteiger partial charge on any atom is 0.0370 e. The van der Waals surface area contributed by atoms with Crippen LogP contribution in [0.15, 0.2) is 36.4 Å². The van der Waals surface area contributed by atoms with Crippen molar-refractivity contribution in [3.63, 3.8) is 0 Å². The van der Waals surface area contributed by atoms with Crippen molar-refractivity contribution in [2.24, 2.45) is 0 Å². The Hall–Kier alpha value is -2.16. The van der Waals surface area contributed by atoms with Crippen LogP contribution in [-0.2, 0) is 12.8 Å². The fraction of sp³-hybridized carbons (Fsp3) is 0.200. The molecule has 0 fully saturated rings. The van der Waals surface area contributed by atoms with Gasteiger partial charge in [0.25, 0.3) is 0 Å². The highest BCUT2D eigenvalue weighted by molar-refractivity contribution is 5.63. The molecule has 0 aromatic heterocycles. The summed E-state index contributed by atoms with van der Waals surface area (Å²) < 4.78 is 0. The predicted octanol–water partition coefficient (Wildman–Crippen LogP) is 2.59. The van der Waals surface area contributed by atoms with Gasteiger partial charge in [-0.1, -0.05) is 19.1 Å². The van der Waals surface area contributed by atoms with Gasteiger partial charge in [0, 0.05) is 17.1 Å². The van der Waals surface area contributed by atoms with Crippen molar-refractivity contribution in [1.82, 2.24) is 0 Å². The standard InChI is InChI=1S/C15H19N3/c1-2-13-14(17)8-11(9-15(13)18)7-10-3-5-12(16)6-4-10/h3-6,8-9H,2,7,16-18H2,1H3. The Morgan fingerprint density at radius 3 is 1.89 bits per heavy atom. The first-order valence-corrected chi connectivity index (χ1v) is 6.11. The molecule has 0 aliphatic heterocycles.